The number of hydrogen-bond acceptors (Lipinski definition) is 2. The lowest BCUT2D eigenvalue weighted by atomic mass is 10.1. The summed E-state index contributed by atoms with van der Waals surface area (Å²) in [6.45, 7) is 1.94. The van der Waals surface area contributed by atoms with Crippen molar-refractivity contribution in [1.82, 2.24) is 9.78 Å². The van der Waals surface area contributed by atoms with Gasteiger partial charge < -0.3 is 5.73 Å². The minimum absolute atomic E-state index is 0.658. The van der Waals surface area contributed by atoms with Gasteiger partial charge in [-0.05, 0) is 25.1 Å². The molecular weight excluding hydrogens is 289 g/mol. The number of aromatic nitrogens is 2. The number of rotatable bonds is 1. The predicted molar refractivity (Wildman–Crippen MR) is 70.5 cm³/mol. The van der Waals surface area contributed by atoms with Crippen LogP contribution in [0.5, 0.6) is 0 Å². The Hall–Kier alpha value is -1.00. The van der Waals surface area contributed by atoms with Crippen LogP contribution in [0.4, 0.5) is 5.82 Å². The van der Waals surface area contributed by atoms with Crippen molar-refractivity contribution in [2.75, 3.05) is 5.73 Å². The molecule has 2 N–H and O–H groups in total. The van der Waals surface area contributed by atoms with E-state index in [1.807, 2.05) is 32.2 Å². The lowest BCUT2D eigenvalue weighted by molar-refractivity contribution is 0.782. The second kappa shape index (κ2) is 4.11. The molecule has 0 unspecified atom stereocenters. The first-order chi connectivity index (χ1) is 7.50. The highest BCUT2D eigenvalue weighted by molar-refractivity contribution is 9.10. The highest BCUT2D eigenvalue weighted by atomic mass is 79.9. The summed E-state index contributed by atoms with van der Waals surface area (Å²) < 4.78 is 2.62. The summed E-state index contributed by atoms with van der Waals surface area (Å²) in [5, 5.41) is 5.04. The van der Waals surface area contributed by atoms with Crippen molar-refractivity contribution in [3.05, 3.63) is 33.3 Å². The summed E-state index contributed by atoms with van der Waals surface area (Å²) in [5.74, 6) is 0.658. The average molecular weight is 301 g/mol. The second-order valence-corrected chi connectivity index (χ2v) is 4.93. The van der Waals surface area contributed by atoms with E-state index in [9.17, 15) is 0 Å². The molecule has 0 radical (unpaired) electrons. The molecule has 0 aliphatic heterocycles. The molecule has 0 saturated carbocycles. The number of benzene rings is 1. The Kier molecular flexibility index (Phi) is 2.95. The summed E-state index contributed by atoms with van der Waals surface area (Å²) in [4.78, 5) is 0. The summed E-state index contributed by atoms with van der Waals surface area (Å²) >= 11 is 9.57. The molecule has 0 amide bonds. The zero-order chi connectivity index (χ0) is 11.9. The number of nitrogens with zero attached hydrogens (tertiary/aromatic N) is 2. The first-order valence-electron chi connectivity index (χ1n) is 4.75. The van der Waals surface area contributed by atoms with Crippen LogP contribution in [0.3, 0.4) is 0 Å². The Labute approximate surface area is 107 Å². The van der Waals surface area contributed by atoms with E-state index in [4.69, 9.17) is 17.3 Å². The Morgan fingerprint density at radius 3 is 2.69 bits per heavy atom. The van der Waals surface area contributed by atoms with Gasteiger partial charge in [0.25, 0.3) is 0 Å². The van der Waals surface area contributed by atoms with Gasteiger partial charge in [-0.15, -0.1) is 0 Å². The number of hydrogen-bond donors (Lipinski definition) is 1. The van der Waals surface area contributed by atoms with Crippen LogP contribution in [0.25, 0.3) is 11.3 Å². The van der Waals surface area contributed by atoms with Gasteiger partial charge in [-0.1, -0.05) is 27.5 Å². The van der Waals surface area contributed by atoms with Gasteiger partial charge in [0.1, 0.15) is 5.82 Å². The molecule has 3 nitrogen and oxygen atoms in total. The van der Waals surface area contributed by atoms with Gasteiger partial charge in [0.05, 0.1) is 10.7 Å². The Morgan fingerprint density at radius 1 is 1.44 bits per heavy atom. The number of aryl methyl sites for hydroxylation is 1. The lowest BCUT2D eigenvalue weighted by Gasteiger charge is -2.02. The molecule has 1 aromatic carbocycles. The van der Waals surface area contributed by atoms with Crippen LogP contribution in [0, 0.1) is 6.92 Å². The molecule has 1 heterocycles. The Balaban J connectivity index is 2.67. The van der Waals surface area contributed by atoms with Gasteiger partial charge in [-0.2, -0.15) is 5.10 Å². The van der Waals surface area contributed by atoms with E-state index in [0.29, 0.717) is 10.8 Å². The molecule has 2 rings (SSSR count). The zero-order valence-corrected chi connectivity index (χ0v) is 11.3. The van der Waals surface area contributed by atoms with E-state index in [0.717, 1.165) is 21.3 Å². The molecule has 1 aromatic heterocycles. The van der Waals surface area contributed by atoms with Crippen molar-refractivity contribution < 1.29 is 0 Å². The van der Waals surface area contributed by atoms with Crippen molar-refractivity contribution in [2.24, 2.45) is 7.05 Å². The van der Waals surface area contributed by atoms with Crippen LogP contribution < -0.4 is 5.73 Å². The van der Waals surface area contributed by atoms with Gasteiger partial charge in [0.2, 0.25) is 0 Å². The first kappa shape index (κ1) is 11.5. The maximum atomic E-state index is 6.15. The highest BCUT2D eigenvalue weighted by Gasteiger charge is 2.14. The highest BCUT2D eigenvalue weighted by Crippen LogP contribution is 2.33. The van der Waals surface area contributed by atoms with E-state index < -0.39 is 0 Å². The quantitative estimate of drug-likeness (QED) is 0.877. The van der Waals surface area contributed by atoms with Crippen molar-refractivity contribution in [2.45, 2.75) is 6.92 Å². The second-order valence-electron chi connectivity index (χ2n) is 3.61. The fourth-order valence-electron chi connectivity index (χ4n) is 1.58. The minimum atomic E-state index is 0.658. The van der Waals surface area contributed by atoms with Crippen molar-refractivity contribution in [3.8, 4) is 11.3 Å². The summed E-state index contributed by atoms with van der Waals surface area (Å²) in [6.07, 6.45) is 0. The third-order valence-corrected chi connectivity index (χ3v) is 3.34. The lowest BCUT2D eigenvalue weighted by Crippen LogP contribution is -1.97. The van der Waals surface area contributed by atoms with Gasteiger partial charge in [-0.3, -0.25) is 4.68 Å². The SMILES string of the molecule is Cc1c(-c2cc(Br)ccc2Cl)nn(C)c1N. The Morgan fingerprint density at radius 2 is 2.12 bits per heavy atom. The molecule has 16 heavy (non-hydrogen) atoms. The first-order valence-corrected chi connectivity index (χ1v) is 5.92. The Bertz CT molecular complexity index is 548. The third-order valence-electron chi connectivity index (χ3n) is 2.52. The molecule has 0 saturated heterocycles. The molecule has 0 atom stereocenters. The molecule has 2 aromatic rings. The molecule has 0 aliphatic carbocycles. The zero-order valence-electron chi connectivity index (χ0n) is 8.96. The van der Waals surface area contributed by atoms with Crippen LogP contribution in [0.1, 0.15) is 5.56 Å². The van der Waals surface area contributed by atoms with Crippen molar-refractivity contribution >= 4 is 33.3 Å². The third kappa shape index (κ3) is 1.83. The number of nitrogens with two attached hydrogens (primary N) is 1. The molecular formula is C11H11BrClN3. The minimum Gasteiger partial charge on any atom is -0.384 e. The van der Waals surface area contributed by atoms with E-state index in [1.54, 1.807) is 4.68 Å². The smallest absolute Gasteiger partial charge is 0.124 e. The van der Waals surface area contributed by atoms with Crippen LogP contribution in [-0.2, 0) is 7.05 Å². The fraction of sp³-hybridized carbons (Fsp3) is 0.182. The molecule has 0 spiro atoms. The molecule has 5 heteroatoms. The maximum Gasteiger partial charge on any atom is 0.124 e. The van der Waals surface area contributed by atoms with E-state index >= 15 is 0 Å². The van der Waals surface area contributed by atoms with Crippen LogP contribution in [0.2, 0.25) is 5.02 Å². The average Bonchev–Trinajstić information content (AvgIpc) is 2.50. The standard InChI is InChI=1S/C11H11BrClN3/c1-6-10(15-16(2)11(6)14)8-5-7(12)3-4-9(8)13/h3-5H,14H2,1-2H3. The van der Waals surface area contributed by atoms with Gasteiger partial charge in [0.15, 0.2) is 0 Å². The maximum absolute atomic E-state index is 6.15. The van der Waals surface area contributed by atoms with Crippen molar-refractivity contribution in [3.63, 3.8) is 0 Å². The van der Waals surface area contributed by atoms with Crippen LogP contribution in [0.15, 0.2) is 22.7 Å². The number of nitrogen functional groups attached to an aromatic ring is 1. The molecule has 84 valence electrons. The van der Waals surface area contributed by atoms with Crippen LogP contribution in [-0.4, -0.2) is 9.78 Å². The van der Waals surface area contributed by atoms with E-state index in [2.05, 4.69) is 21.0 Å². The monoisotopic (exact) mass is 299 g/mol. The van der Waals surface area contributed by atoms with E-state index in [-0.39, 0.29) is 0 Å². The summed E-state index contributed by atoms with van der Waals surface area (Å²) in [7, 11) is 1.82. The predicted octanol–water partition coefficient (Wildman–Crippen LogP) is 3.39. The molecule has 0 bridgehead atoms. The normalized spacial score (nSPS) is 10.8. The van der Waals surface area contributed by atoms with Gasteiger partial charge >= 0.3 is 0 Å². The van der Waals surface area contributed by atoms with Crippen molar-refractivity contribution in [1.29, 1.82) is 0 Å². The molecule has 0 fully saturated rings. The number of anilines is 1. The molecule has 0 aliphatic rings. The largest absolute Gasteiger partial charge is 0.384 e. The number of halogens is 2. The summed E-state index contributed by atoms with van der Waals surface area (Å²) in [5.41, 5.74) is 8.54. The fourth-order valence-corrected chi connectivity index (χ4v) is 2.15. The topological polar surface area (TPSA) is 43.8 Å². The van der Waals surface area contributed by atoms with Crippen LogP contribution >= 0.6 is 27.5 Å². The van der Waals surface area contributed by atoms with Gasteiger partial charge in [0, 0.05) is 22.6 Å². The van der Waals surface area contributed by atoms with Gasteiger partial charge in [-0.25, -0.2) is 0 Å². The van der Waals surface area contributed by atoms with E-state index in [1.165, 1.54) is 0 Å². The summed E-state index contributed by atoms with van der Waals surface area (Å²) in [6, 6.07) is 5.68.